The van der Waals surface area contributed by atoms with E-state index in [2.05, 4.69) is 9.97 Å². The normalized spacial score (nSPS) is 11.3. The molecular weight excluding hydrogens is 293 g/mol. The van der Waals surface area contributed by atoms with Gasteiger partial charge in [-0.05, 0) is 17.1 Å². The molecule has 0 fully saturated rings. The monoisotopic (exact) mass is 311 g/mol. The molecule has 0 atom stereocenters. The van der Waals surface area contributed by atoms with Gasteiger partial charge >= 0.3 is 7.12 Å². The highest BCUT2D eigenvalue weighted by molar-refractivity contribution is 6.58. The van der Waals surface area contributed by atoms with Gasteiger partial charge in [0, 0.05) is 18.7 Å². The molecule has 0 saturated heterocycles. The van der Waals surface area contributed by atoms with Crippen molar-refractivity contribution < 1.29 is 15.2 Å². The molecular formula is C16H18BN3O3. The first kappa shape index (κ1) is 15.5. The molecule has 2 aromatic heterocycles. The molecule has 6 nitrogen and oxygen atoms in total. The van der Waals surface area contributed by atoms with E-state index in [1.54, 1.807) is 18.3 Å². The maximum absolute atomic E-state index is 9.91. The van der Waals surface area contributed by atoms with E-state index in [1.807, 2.05) is 36.6 Å². The molecule has 118 valence electrons. The Morgan fingerprint density at radius 3 is 2.43 bits per heavy atom. The molecule has 0 aliphatic carbocycles. The number of imidazole rings is 1. The summed E-state index contributed by atoms with van der Waals surface area (Å²) in [6.45, 7) is 4.68. The summed E-state index contributed by atoms with van der Waals surface area (Å²) in [5.74, 6) is 0.997. The van der Waals surface area contributed by atoms with E-state index in [1.165, 1.54) is 0 Å². The first-order valence-electron chi connectivity index (χ1n) is 7.46. The fourth-order valence-electron chi connectivity index (χ4n) is 2.64. The minimum Gasteiger partial charge on any atom is -0.492 e. The molecule has 0 saturated carbocycles. The van der Waals surface area contributed by atoms with Crippen LogP contribution in [0.1, 0.15) is 31.2 Å². The molecule has 23 heavy (non-hydrogen) atoms. The predicted octanol–water partition coefficient (Wildman–Crippen LogP) is 0.988. The number of hydrogen-bond donors (Lipinski definition) is 3. The van der Waals surface area contributed by atoms with Gasteiger partial charge in [0.05, 0.1) is 5.52 Å². The van der Waals surface area contributed by atoms with Crippen molar-refractivity contribution in [3.63, 3.8) is 0 Å². The van der Waals surface area contributed by atoms with Gasteiger partial charge in [-0.2, -0.15) is 0 Å². The van der Waals surface area contributed by atoms with Crippen LogP contribution in [0.15, 0.2) is 36.5 Å². The predicted molar refractivity (Wildman–Crippen MR) is 88.7 cm³/mol. The number of hydrogen-bond acceptors (Lipinski definition) is 5. The van der Waals surface area contributed by atoms with Crippen LogP contribution in [-0.4, -0.2) is 36.8 Å². The van der Waals surface area contributed by atoms with Gasteiger partial charge in [-0.3, -0.25) is 0 Å². The zero-order chi connectivity index (χ0) is 16.6. The Bertz CT molecular complexity index is 828. The fraction of sp³-hybridized carbons (Fsp3) is 0.250. The standard InChI is InChI=1S/C16H18BN3O3/c1-10(2)15-19-14-13(7-8-18-16(14)21)20(15)9-11-3-5-12(6-4-11)17(22)23/h3-8,10,22-23H,9H2,1-2H3,(H,18,21). The lowest BCUT2D eigenvalue weighted by Gasteiger charge is -2.12. The summed E-state index contributed by atoms with van der Waals surface area (Å²) in [6.07, 6.45) is 1.56. The summed E-state index contributed by atoms with van der Waals surface area (Å²) in [5.41, 5.74) is 2.79. The number of rotatable bonds is 4. The third-order valence-electron chi connectivity index (χ3n) is 3.81. The minimum atomic E-state index is -1.47. The summed E-state index contributed by atoms with van der Waals surface area (Å²) in [5, 5.41) is 28.2. The van der Waals surface area contributed by atoms with Crippen molar-refractivity contribution in [3.8, 4) is 5.88 Å². The van der Waals surface area contributed by atoms with Crippen LogP contribution >= 0.6 is 0 Å². The minimum absolute atomic E-state index is 0.0677. The van der Waals surface area contributed by atoms with Gasteiger partial charge in [0.25, 0.3) is 0 Å². The first-order valence-corrected chi connectivity index (χ1v) is 7.46. The van der Waals surface area contributed by atoms with E-state index in [4.69, 9.17) is 10.0 Å². The molecule has 3 N–H and O–H groups in total. The van der Waals surface area contributed by atoms with Gasteiger partial charge in [0.2, 0.25) is 5.88 Å². The smallest absolute Gasteiger partial charge is 0.488 e. The van der Waals surface area contributed by atoms with Gasteiger partial charge in [0.15, 0.2) is 5.52 Å². The van der Waals surface area contributed by atoms with Gasteiger partial charge in [-0.15, -0.1) is 0 Å². The Morgan fingerprint density at radius 1 is 1.13 bits per heavy atom. The third kappa shape index (κ3) is 2.93. The van der Waals surface area contributed by atoms with Gasteiger partial charge < -0.3 is 19.7 Å². The van der Waals surface area contributed by atoms with Crippen LogP contribution in [0.5, 0.6) is 5.88 Å². The van der Waals surface area contributed by atoms with Crippen molar-refractivity contribution in [3.05, 3.63) is 47.9 Å². The quantitative estimate of drug-likeness (QED) is 0.625. The molecule has 2 heterocycles. The zero-order valence-electron chi connectivity index (χ0n) is 13.0. The molecule has 0 spiro atoms. The molecule has 3 aromatic rings. The Labute approximate surface area is 134 Å². The third-order valence-corrected chi connectivity index (χ3v) is 3.81. The number of benzene rings is 1. The Kier molecular flexibility index (Phi) is 4.06. The van der Waals surface area contributed by atoms with Crippen molar-refractivity contribution in [2.24, 2.45) is 0 Å². The van der Waals surface area contributed by atoms with Crippen LogP contribution in [0, 0.1) is 0 Å². The van der Waals surface area contributed by atoms with Crippen LogP contribution in [0.2, 0.25) is 0 Å². The van der Waals surface area contributed by atoms with E-state index >= 15 is 0 Å². The molecule has 0 aliphatic rings. The molecule has 0 unspecified atom stereocenters. The largest absolute Gasteiger partial charge is 0.492 e. The lowest BCUT2D eigenvalue weighted by atomic mass is 9.80. The lowest BCUT2D eigenvalue weighted by molar-refractivity contribution is 0.425. The topological polar surface area (TPSA) is 91.4 Å². The fourth-order valence-corrected chi connectivity index (χ4v) is 2.64. The van der Waals surface area contributed by atoms with Gasteiger partial charge in [-0.1, -0.05) is 38.1 Å². The van der Waals surface area contributed by atoms with E-state index < -0.39 is 7.12 Å². The summed E-state index contributed by atoms with van der Waals surface area (Å²) >= 11 is 0. The number of pyridine rings is 1. The molecule has 0 amide bonds. The van der Waals surface area contributed by atoms with E-state index in [9.17, 15) is 5.11 Å². The Morgan fingerprint density at radius 2 is 1.83 bits per heavy atom. The van der Waals surface area contributed by atoms with Crippen molar-refractivity contribution in [2.45, 2.75) is 26.3 Å². The summed E-state index contributed by atoms with van der Waals surface area (Å²) in [6, 6.07) is 8.91. The highest BCUT2D eigenvalue weighted by atomic mass is 16.4. The van der Waals surface area contributed by atoms with E-state index in [0.717, 1.165) is 16.9 Å². The van der Waals surface area contributed by atoms with Crippen molar-refractivity contribution >= 4 is 23.6 Å². The number of nitrogens with zero attached hydrogens (tertiary/aromatic N) is 3. The van der Waals surface area contributed by atoms with Crippen LogP contribution < -0.4 is 5.46 Å². The van der Waals surface area contributed by atoms with Gasteiger partial charge in [-0.25, -0.2) is 9.97 Å². The molecule has 0 radical (unpaired) electrons. The lowest BCUT2D eigenvalue weighted by Crippen LogP contribution is -2.29. The zero-order valence-corrected chi connectivity index (χ0v) is 13.0. The average Bonchev–Trinajstić information content (AvgIpc) is 2.88. The second kappa shape index (κ2) is 6.02. The highest BCUT2D eigenvalue weighted by Crippen LogP contribution is 2.27. The second-order valence-electron chi connectivity index (χ2n) is 5.83. The van der Waals surface area contributed by atoms with Crippen molar-refractivity contribution in [1.29, 1.82) is 0 Å². The Hall–Kier alpha value is -2.38. The molecule has 0 aliphatic heterocycles. The van der Waals surface area contributed by atoms with Crippen molar-refractivity contribution in [1.82, 2.24) is 14.5 Å². The summed E-state index contributed by atoms with van der Waals surface area (Å²) in [4.78, 5) is 8.41. The van der Waals surface area contributed by atoms with Crippen LogP contribution in [0.4, 0.5) is 0 Å². The highest BCUT2D eigenvalue weighted by Gasteiger charge is 2.17. The SMILES string of the molecule is CC(C)c1nc2c(O)nccc2n1Cc1ccc(B(O)O)cc1. The number of fused-ring (bicyclic) bond motifs is 1. The van der Waals surface area contributed by atoms with Crippen LogP contribution in [-0.2, 0) is 6.54 Å². The maximum Gasteiger partial charge on any atom is 0.488 e. The Balaban J connectivity index is 2.04. The average molecular weight is 311 g/mol. The van der Waals surface area contributed by atoms with Crippen LogP contribution in [0.3, 0.4) is 0 Å². The first-order chi connectivity index (χ1) is 11.0. The molecule has 0 bridgehead atoms. The summed E-state index contributed by atoms with van der Waals surface area (Å²) < 4.78 is 2.05. The second-order valence-corrected chi connectivity index (χ2v) is 5.83. The molecule has 1 aromatic carbocycles. The molecule has 3 rings (SSSR count). The van der Waals surface area contributed by atoms with E-state index in [0.29, 0.717) is 17.5 Å². The maximum atomic E-state index is 9.91. The molecule has 7 heteroatoms. The van der Waals surface area contributed by atoms with Crippen LogP contribution in [0.25, 0.3) is 11.0 Å². The van der Waals surface area contributed by atoms with E-state index in [-0.39, 0.29) is 11.8 Å². The summed E-state index contributed by atoms with van der Waals surface area (Å²) in [7, 11) is -1.47. The van der Waals surface area contributed by atoms with Gasteiger partial charge in [0.1, 0.15) is 5.82 Å². The number of aromatic hydroxyl groups is 1. The van der Waals surface area contributed by atoms with Crippen molar-refractivity contribution in [2.75, 3.05) is 0 Å². The number of aromatic nitrogens is 3.